The molecule has 34 heavy (non-hydrogen) atoms. The average Bonchev–Trinajstić information content (AvgIpc) is 3.42. The average molecular weight is 495 g/mol. The molecule has 0 saturated heterocycles. The van der Waals surface area contributed by atoms with Gasteiger partial charge in [0.2, 0.25) is 16.9 Å². The maximum atomic E-state index is 13.3. The van der Waals surface area contributed by atoms with E-state index in [1.165, 1.54) is 16.2 Å². The molecule has 3 N–H and O–H groups in total. The Labute approximate surface area is 203 Å². The van der Waals surface area contributed by atoms with Crippen molar-refractivity contribution in [3.05, 3.63) is 69.8 Å². The van der Waals surface area contributed by atoms with Crippen molar-refractivity contribution in [3.63, 3.8) is 0 Å². The summed E-state index contributed by atoms with van der Waals surface area (Å²) in [5.74, 6) is -1.19. The summed E-state index contributed by atoms with van der Waals surface area (Å²) in [7, 11) is 0. The predicted octanol–water partition coefficient (Wildman–Crippen LogP) is 3.31. The maximum absolute atomic E-state index is 13.3. The molecule has 0 radical (unpaired) electrons. The summed E-state index contributed by atoms with van der Waals surface area (Å²) >= 11 is 7.28. The van der Waals surface area contributed by atoms with E-state index in [9.17, 15) is 14.4 Å². The van der Waals surface area contributed by atoms with E-state index >= 15 is 0 Å². The molecule has 0 saturated carbocycles. The Bertz CT molecular complexity index is 1430. The predicted molar refractivity (Wildman–Crippen MR) is 130 cm³/mol. The topological polar surface area (TPSA) is 120 Å². The van der Waals surface area contributed by atoms with Crippen LogP contribution in [0.25, 0.3) is 10.9 Å². The van der Waals surface area contributed by atoms with Crippen LogP contribution in [0.3, 0.4) is 0 Å². The van der Waals surface area contributed by atoms with Crippen LogP contribution in [0.2, 0.25) is 5.02 Å². The minimum Gasteiger partial charge on any atom is -0.351 e. The van der Waals surface area contributed by atoms with Gasteiger partial charge in [-0.1, -0.05) is 41.1 Å². The normalized spacial score (nSPS) is 15.3. The van der Waals surface area contributed by atoms with Crippen molar-refractivity contribution < 1.29 is 14.4 Å². The number of hydrogen-bond acceptors (Lipinski definition) is 6. The van der Waals surface area contributed by atoms with Gasteiger partial charge in [0.15, 0.2) is 0 Å². The highest BCUT2D eigenvalue weighted by atomic mass is 35.5. The van der Waals surface area contributed by atoms with Gasteiger partial charge >= 0.3 is 0 Å². The second kappa shape index (κ2) is 8.88. The molecule has 0 aliphatic carbocycles. The van der Waals surface area contributed by atoms with E-state index in [-0.39, 0.29) is 12.5 Å². The molecule has 4 aromatic rings. The highest BCUT2D eigenvalue weighted by Gasteiger charge is 2.35. The number of aromatic amines is 1. The number of hydrogen-bond donors (Lipinski definition) is 3. The largest absolute Gasteiger partial charge is 0.351 e. The molecular weight excluding hydrogens is 476 g/mol. The van der Waals surface area contributed by atoms with Gasteiger partial charge in [-0.25, -0.2) is 0 Å². The van der Waals surface area contributed by atoms with Crippen molar-refractivity contribution in [1.82, 2.24) is 20.5 Å². The van der Waals surface area contributed by atoms with E-state index in [0.29, 0.717) is 28.0 Å². The number of rotatable bonds is 5. The molecule has 1 unspecified atom stereocenters. The number of aryl methyl sites for hydroxylation is 1. The molecule has 0 bridgehead atoms. The molecule has 0 fully saturated rings. The van der Waals surface area contributed by atoms with Gasteiger partial charge in [-0.2, -0.15) is 0 Å². The summed E-state index contributed by atoms with van der Waals surface area (Å²) in [6.07, 6.45) is 0.320. The zero-order valence-electron chi connectivity index (χ0n) is 18.0. The minimum absolute atomic E-state index is 0.217. The fourth-order valence-corrected chi connectivity index (χ4v) is 4.74. The lowest BCUT2D eigenvalue weighted by molar-refractivity contribution is -0.123. The highest BCUT2D eigenvalue weighted by Crippen LogP contribution is 2.28. The van der Waals surface area contributed by atoms with E-state index in [1.54, 1.807) is 43.3 Å². The Morgan fingerprint density at radius 3 is 2.82 bits per heavy atom. The summed E-state index contributed by atoms with van der Waals surface area (Å²) in [4.78, 5) is 43.4. The Balaban J connectivity index is 1.36. The smallest absolute Gasteiger partial charge is 0.268 e. The summed E-state index contributed by atoms with van der Waals surface area (Å²) in [6, 6.07) is 13.5. The molecule has 1 aliphatic heterocycles. The molecule has 3 amide bonds. The van der Waals surface area contributed by atoms with Crippen LogP contribution in [0.5, 0.6) is 0 Å². The van der Waals surface area contributed by atoms with Gasteiger partial charge < -0.3 is 15.2 Å². The molecular formula is C23H19ClN6O3S. The lowest BCUT2D eigenvalue weighted by Gasteiger charge is -2.34. The molecule has 2 aromatic heterocycles. The first-order chi connectivity index (χ1) is 16.4. The van der Waals surface area contributed by atoms with Gasteiger partial charge in [0.25, 0.3) is 5.91 Å². The number of carbonyl (C=O) groups excluding carboxylic acids is 3. The third-order valence-electron chi connectivity index (χ3n) is 5.48. The van der Waals surface area contributed by atoms with Gasteiger partial charge in [-0.05, 0) is 42.8 Å². The number of nitrogens with one attached hydrogen (secondary N) is 3. The Morgan fingerprint density at radius 1 is 1.21 bits per heavy atom. The third-order valence-corrected chi connectivity index (χ3v) is 6.47. The van der Waals surface area contributed by atoms with Crippen LogP contribution in [0.15, 0.2) is 48.5 Å². The van der Waals surface area contributed by atoms with E-state index in [4.69, 9.17) is 11.6 Å². The van der Waals surface area contributed by atoms with E-state index in [1.807, 2.05) is 12.1 Å². The number of carbonyl (C=O) groups is 3. The fourth-order valence-electron chi connectivity index (χ4n) is 3.95. The molecule has 0 spiro atoms. The van der Waals surface area contributed by atoms with Crippen LogP contribution in [0.4, 0.5) is 10.8 Å². The van der Waals surface area contributed by atoms with Gasteiger partial charge in [-0.3, -0.25) is 19.7 Å². The second-order valence-corrected chi connectivity index (χ2v) is 9.49. The van der Waals surface area contributed by atoms with E-state index in [2.05, 4.69) is 25.8 Å². The number of halogens is 1. The Morgan fingerprint density at radius 2 is 2.03 bits per heavy atom. The zero-order valence-corrected chi connectivity index (χ0v) is 19.5. The minimum atomic E-state index is -0.825. The van der Waals surface area contributed by atoms with Crippen molar-refractivity contribution >= 4 is 62.4 Å². The number of anilines is 2. The molecule has 5 rings (SSSR count). The molecule has 1 aliphatic rings. The lowest BCUT2D eigenvalue weighted by atomic mass is 9.97. The van der Waals surface area contributed by atoms with Crippen LogP contribution in [0, 0.1) is 6.92 Å². The van der Waals surface area contributed by atoms with Crippen molar-refractivity contribution in [1.29, 1.82) is 0 Å². The van der Waals surface area contributed by atoms with Gasteiger partial charge in [-0.15, -0.1) is 10.2 Å². The van der Waals surface area contributed by atoms with Crippen LogP contribution in [-0.4, -0.2) is 45.5 Å². The van der Waals surface area contributed by atoms with Crippen LogP contribution in [-0.2, 0) is 16.0 Å². The van der Waals surface area contributed by atoms with Gasteiger partial charge in [0, 0.05) is 28.0 Å². The second-order valence-electron chi connectivity index (χ2n) is 7.87. The number of aromatic nitrogens is 3. The van der Waals surface area contributed by atoms with Crippen molar-refractivity contribution in [3.8, 4) is 0 Å². The summed E-state index contributed by atoms with van der Waals surface area (Å²) < 4.78 is 0. The number of H-pyrrole nitrogens is 1. The number of nitrogens with zero attached hydrogens (tertiary/aromatic N) is 3. The summed E-state index contributed by atoms with van der Waals surface area (Å²) in [5.41, 5.74) is 2.58. The monoisotopic (exact) mass is 494 g/mol. The SMILES string of the molecule is Cc1nnc(NC(=O)CN2C(=O)C(NC(=O)c3cc4cc(Cl)ccc4[nH]3)Cc3ccccc32)s1. The van der Waals surface area contributed by atoms with Crippen LogP contribution in [0.1, 0.15) is 21.1 Å². The summed E-state index contributed by atoms with van der Waals surface area (Å²) in [6.45, 7) is 1.57. The molecule has 3 heterocycles. The number of para-hydroxylation sites is 1. The molecule has 172 valence electrons. The first kappa shape index (κ1) is 22.1. The number of amides is 3. The van der Waals surface area contributed by atoms with Crippen molar-refractivity contribution in [2.24, 2.45) is 0 Å². The van der Waals surface area contributed by atoms with Crippen LogP contribution < -0.4 is 15.5 Å². The maximum Gasteiger partial charge on any atom is 0.268 e. The molecule has 11 heteroatoms. The zero-order chi connectivity index (χ0) is 23.8. The standard InChI is InChI=1S/C23H19ClN6O3S/c1-12-28-29-23(34-12)27-20(31)11-30-19-5-3-2-4-13(19)9-18(22(30)33)26-21(32)17-10-14-8-15(24)6-7-16(14)25-17/h2-8,10,18,25H,9,11H2,1H3,(H,26,32)(H,27,29,31). The first-order valence-electron chi connectivity index (χ1n) is 10.5. The fraction of sp³-hybridized carbons (Fsp3) is 0.174. The van der Waals surface area contributed by atoms with Crippen LogP contribution >= 0.6 is 22.9 Å². The van der Waals surface area contributed by atoms with Crippen molar-refractivity contribution in [2.75, 3.05) is 16.8 Å². The van der Waals surface area contributed by atoms with Gasteiger partial charge in [0.05, 0.1) is 0 Å². The Kier molecular flexibility index (Phi) is 5.76. The molecule has 1 atom stereocenters. The number of benzene rings is 2. The van der Waals surface area contributed by atoms with Crippen molar-refractivity contribution in [2.45, 2.75) is 19.4 Å². The highest BCUT2D eigenvalue weighted by molar-refractivity contribution is 7.15. The summed E-state index contributed by atoms with van der Waals surface area (Å²) in [5, 5.41) is 15.7. The Hall–Kier alpha value is -3.76. The van der Waals surface area contributed by atoms with Gasteiger partial charge in [0.1, 0.15) is 23.3 Å². The quantitative estimate of drug-likeness (QED) is 0.393. The van der Waals surface area contributed by atoms with E-state index in [0.717, 1.165) is 21.5 Å². The molecule has 9 nitrogen and oxygen atoms in total. The molecule has 2 aromatic carbocycles. The third kappa shape index (κ3) is 4.37. The number of fused-ring (bicyclic) bond motifs is 2. The lowest BCUT2D eigenvalue weighted by Crippen LogP contribution is -2.54. The van der Waals surface area contributed by atoms with E-state index < -0.39 is 17.9 Å². The first-order valence-corrected chi connectivity index (χ1v) is 11.7.